The van der Waals surface area contributed by atoms with Crippen LogP contribution in [0.3, 0.4) is 0 Å². The minimum atomic E-state index is -9.75. The molecule has 164 valence electrons. The topological polar surface area (TPSA) is 62.8 Å². The molecule has 2 saturated carbocycles. The van der Waals surface area contributed by atoms with E-state index in [1.54, 1.807) is 0 Å². The van der Waals surface area contributed by atoms with E-state index in [9.17, 15) is 29.0 Å². The van der Waals surface area contributed by atoms with Crippen molar-refractivity contribution in [3.63, 3.8) is 0 Å². The average Bonchev–Trinajstić information content (AvgIpc) is 3.53. The number of rotatable bonds is 7. The van der Waals surface area contributed by atoms with Crippen LogP contribution in [0.2, 0.25) is 0 Å². The Morgan fingerprint density at radius 2 is 1.77 bits per heavy atom. The third-order valence-corrected chi connectivity index (χ3v) is 7.17. The van der Waals surface area contributed by atoms with Crippen LogP contribution >= 0.6 is 10.2 Å². The van der Waals surface area contributed by atoms with Crippen LogP contribution in [0.1, 0.15) is 72.7 Å². The summed E-state index contributed by atoms with van der Waals surface area (Å²) < 4.78 is 65.0. The fraction of sp³-hybridized carbons (Fsp3) is 0.450. The van der Waals surface area contributed by atoms with E-state index < -0.39 is 32.4 Å². The molecule has 4 nitrogen and oxygen atoms in total. The Labute approximate surface area is 169 Å². The molecule has 0 aliphatic heterocycles. The number of aromatic amines is 1. The lowest BCUT2D eigenvalue weighted by atomic mass is 9.80. The van der Waals surface area contributed by atoms with Crippen molar-refractivity contribution in [3.8, 4) is 0 Å². The molecule has 2 aromatic rings. The zero-order valence-corrected chi connectivity index (χ0v) is 17.0. The standard InChI is InChI=1S/C20H21F5N2O2S/c1-20(8-9-20)15(12-4-6-14(7-5-12)30(21,22,23,24)25)10-17(28)16-11-18(29)27-19(26-16)13-2-3-13/h4-7,11,13,15H,2-3,8-10H2,1H3,(H,26,27,29)/t15-/m0/s1. The molecule has 4 rings (SSSR count). The van der Waals surface area contributed by atoms with E-state index in [-0.39, 0.29) is 23.4 Å². The number of carbonyl (C=O) groups is 1. The second-order valence-corrected chi connectivity index (χ2v) is 11.1. The number of ketones is 1. The molecular weight excluding hydrogens is 427 g/mol. The van der Waals surface area contributed by atoms with Gasteiger partial charge in [-0.25, -0.2) is 4.98 Å². The maximum Gasteiger partial charge on any atom is 0.310 e. The summed E-state index contributed by atoms with van der Waals surface area (Å²) in [4.78, 5) is 29.7. The molecule has 10 heteroatoms. The Morgan fingerprint density at radius 1 is 1.17 bits per heavy atom. The second-order valence-electron chi connectivity index (χ2n) is 8.66. The van der Waals surface area contributed by atoms with Gasteiger partial charge in [-0.2, -0.15) is 0 Å². The summed E-state index contributed by atoms with van der Waals surface area (Å²) >= 11 is 0. The largest absolute Gasteiger partial charge is 0.310 e. The summed E-state index contributed by atoms with van der Waals surface area (Å²) in [5, 5.41) is 0. The third-order valence-electron chi connectivity index (χ3n) is 6.01. The van der Waals surface area contributed by atoms with E-state index in [0.717, 1.165) is 43.9 Å². The quantitative estimate of drug-likeness (QED) is 0.390. The number of hydrogen-bond donors (Lipinski definition) is 1. The Balaban J connectivity index is 1.62. The molecule has 0 saturated heterocycles. The van der Waals surface area contributed by atoms with Crippen molar-refractivity contribution in [3.05, 3.63) is 57.8 Å². The van der Waals surface area contributed by atoms with Crippen molar-refractivity contribution < 1.29 is 24.2 Å². The first-order chi connectivity index (χ1) is 13.6. The minimum Gasteiger partial charge on any atom is -0.310 e. The molecule has 0 spiro atoms. The Bertz CT molecular complexity index is 1070. The summed E-state index contributed by atoms with van der Waals surface area (Å²) in [6.07, 6.45) is 3.25. The van der Waals surface area contributed by atoms with Gasteiger partial charge >= 0.3 is 10.2 Å². The van der Waals surface area contributed by atoms with Gasteiger partial charge in [0.1, 0.15) is 16.4 Å². The van der Waals surface area contributed by atoms with Crippen LogP contribution in [0.25, 0.3) is 0 Å². The number of aromatic nitrogens is 2. The molecule has 2 aliphatic rings. The summed E-state index contributed by atoms with van der Waals surface area (Å²) in [5.74, 6) is -0.233. The molecule has 2 aliphatic carbocycles. The molecular formula is C20H21F5N2O2S. The number of nitrogens with zero attached hydrogens (tertiary/aromatic N) is 1. The van der Waals surface area contributed by atoms with Crippen LogP contribution in [0.5, 0.6) is 0 Å². The van der Waals surface area contributed by atoms with Gasteiger partial charge in [-0.05, 0) is 54.7 Å². The Kier molecular flexibility index (Phi) is 4.15. The molecule has 2 fully saturated rings. The van der Waals surface area contributed by atoms with E-state index in [1.165, 1.54) is 0 Å². The van der Waals surface area contributed by atoms with E-state index in [2.05, 4.69) is 9.97 Å². The highest BCUT2D eigenvalue weighted by atomic mass is 32.5. The average molecular weight is 448 g/mol. The molecule has 1 N–H and O–H groups in total. The smallest absolute Gasteiger partial charge is 0.310 e. The number of H-pyrrole nitrogens is 1. The zero-order chi connectivity index (χ0) is 22.0. The van der Waals surface area contributed by atoms with E-state index in [0.29, 0.717) is 23.5 Å². The van der Waals surface area contributed by atoms with Crippen LogP contribution in [-0.4, -0.2) is 15.8 Å². The van der Waals surface area contributed by atoms with Crippen molar-refractivity contribution in [2.75, 3.05) is 0 Å². The van der Waals surface area contributed by atoms with Crippen LogP contribution in [0.15, 0.2) is 40.0 Å². The number of nitrogens with one attached hydrogen (secondary N) is 1. The molecule has 0 bridgehead atoms. The first-order valence-corrected chi connectivity index (χ1v) is 11.6. The summed E-state index contributed by atoms with van der Waals surface area (Å²) in [5.41, 5.74) is -0.323. The van der Waals surface area contributed by atoms with E-state index >= 15 is 0 Å². The summed E-state index contributed by atoms with van der Waals surface area (Å²) in [7, 11) is -9.75. The fourth-order valence-electron chi connectivity index (χ4n) is 3.73. The van der Waals surface area contributed by atoms with Crippen molar-refractivity contribution in [2.24, 2.45) is 5.41 Å². The maximum atomic E-state index is 13.0. The Hall–Kier alpha value is -2.23. The van der Waals surface area contributed by atoms with Crippen molar-refractivity contribution in [1.29, 1.82) is 0 Å². The van der Waals surface area contributed by atoms with E-state index in [4.69, 9.17) is 0 Å². The van der Waals surface area contributed by atoms with Gasteiger partial charge in [-0.15, -0.1) is 0 Å². The SMILES string of the molecule is CC1([C@@H](CC(=O)c2cc(=O)[nH]c(C3CC3)n2)c2ccc(S(F)(F)(F)(F)F)cc2)CC1. The molecule has 30 heavy (non-hydrogen) atoms. The lowest BCUT2D eigenvalue weighted by Crippen LogP contribution is -2.20. The molecule has 1 aromatic heterocycles. The molecule has 1 atom stereocenters. The highest BCUT2D eigenvalue weighted by Crippen LogP contribution is 3.02. The number of Topliss-reactive ketones (excluding diaryl/α,β-unsaturated/α-hetero) is 1. The predicted molar refractivity (Wildman–Crippen MR) is 104 cm³/mol. The van der Waals surface area contributed by atoms with Crippen LogP contribution in [-0.2, 0) is 0 Å². The van der Waals surface area contributed by atoms with Crippen LogP contribution in [0, 0.1) is 5.41 Å². The highest BCUT2D eigenvalue weighted by Gasteiger charge is 2.65. The first-order valence-electron chi connectivity index (χ1n) is 9.63. The first kappa shape index (κ1) is 21.0. The molecule has 0 unspecified atom stereocenters. The van der Waals surface area contributed by atoms with E-state index in [1.807, 2.05) is 6.92 Å². The number of carbonyl (C=O) groups excluding carboxylic acids is 1. The molecule has 1 aromatic carbocycles. The Morgan fingerprint density at radius 3 is 2.27 bits per heavy atom. The maximum absolute atomic E-state index is 13.0. The van der Waals surface area contributed by atoms with Gasteiger partial charge in [-0.3, -0.25) is 9.59 Å². The van der Waals surface area contributed by atoms with Gasteiger partial charge in [0, 0.05) is 18.4 Å². The molecule has 1 heterocycles. The predicted octanol–water partition coefficient (Wildman–Crippen LogP) is 6.46. The van der Waals surface area contributed by atoms with Gasteiger partial charge in [-0.1, -0.05) is 38.5 Å². The van der Waals surface area contributed by atoms with Crippen molar-refractivity contribution >= 4 is 16.0 Å². The van der Waals surface area contributed by atoms with Gasteiger partial charge in [0.15, 0.2) is 5.78 Å². The van der Waals surface area contributed by atoms with Crippen molar-refractivity contribution in [1.82, 2.24) is 9.97 Å². The summed E-state index contributed by atoms with van der Waals surface area (Å²) in [6, 6.07) is 3.94. The second kappa shape index (κ2) is 5.93. The number of benzene rings is 1. The van der Waals surface area contributed by atoms with Crippen LogP contribution in [0.4, 0.5) is 19.4 Å². The molecule has 0 radical (unpaired) electrons. The normalized spacial score (nSPS) is 21.4. The number of halogens is 5. The molecule has 0 amide bonds. The summed E-state index contributed by atoms with van der Waals surface area (Å²) in [6.45, 7) is 1.91. The lowest BCUT2D eigenvalue weighted by molar-refractivity contribution is 0.0956. The van der Waals surface area contributed by atoms with Gasteiger partial charge in [0.05, 0.1) is 0 Å². The third kappa shape index (κ3) is 4.43. The van der Waals surface area contributed by atoms with Crippen molar-refractivity contribution in [2.45, 2.75) is 55.8 Å². The van der Waals surface area contributed by atoms with Gasteiger partial charge in [0.25, 0.3) is 5.56 Å². The highest BCUT2D eigenvalue weighted by molar-refractivity contribution is 8.45. The fourth-order valence-corrected chi connectivity index (χ4v) is 4.38. The minimum absolute atomic E-state index is 0.0264. The monoisotopic (exact) mass is 448 g/mol. The zero-order valence-electron chi connectivity index (χ0n) is 16.1. The van der Waals surface area contributed by atoms with Gasteiger partial charge in [0.2, 0.25) is 0 Å². The van der Waals surface area contributed by atoms with Crippen LogP contribution < -0.4 is 5.56 Å². The number of hydrogen-bond acceptors (Lipinski definition) is 3. The van der Waals surface area contributed by atoms with Gasteiger partial charge < -0.3 is 4.98 Å². The lowest BCUT2D eigenvalue weighted by Gasteiger charge is -2.40.